The number of hydrogen-bond donors (Lipinski definition) is 1. The molecule has 0 saturated carbocycles. The van der Waals surface area contributed by atoms with Crippen molar-refractivity contribution < 1.29 is 19.1 Å². The molecule has 3 heterocycles. The maximum absolute atomic E-state index is 13.1. The number of carbonyl (C=O) groups excluding carboxylic acids is 2. The minimum absolute atomic E-state index is 0.0630. The van der Waals surface area contributed by atoms with E-state index in [0.29, 0.717) is 42.2 Å². The number of methoxy groups -OCH3 is 1. The van der Waals surface area contributed by atoms with Crippen LogP contribution in [-0.4, -0.2) is 52.6 Å². The van der Waals surface area contributed by atoms with Crippen LogP contribution in [0.5, 0.6) is 11.5 Å². The van der Waals surface area contributed by atoms with Crippen molar-refractivity contribution in [3.8, 4) is 22.8 Å². The fourth-order valence-electron chi connectivity index (χ4n) is 4.22. The Bertz CT molecular complexity index is 1140. The second-order valence-corrected chi connectivity index (χ2v) is 7.76. The molecule has 2 aliphatic rings. The number of para-hydroxylation sites is 1. The normalized spacial score (nSPS) is 20.2. The second-order valence-electron chi connectivity index (χ2n) is 7.76. The van der Waals surface area contributed by atoms with Crippen LogP contribution in [-0.2, 0) is 0 Å². The highest BCUT2D eigenvalue weighted by atomic mass is 16.5. The molecule has 152 valence electrons. The Morgan fingerprint density at radius 3 is 2.93 bits per heavy atom. The first-order chi connectivity index (χ1) is 14.6. The molecule has 1 saturated heterocycles. The number of nitrogens with zero attached hydrogens (tertiary/aromatic N) is 2. The number of ether oxygens (including phenoxy) is 2. The molecule has 1 fully saturated rings. The van der Waals surface area contributed by atoms with E-state index in [1.165, 1.54) is 0 Å². The molecular weight excluding hydrogens is 382 g/mol. The predicted molar refractivity (Wildman–Crippen MR) is 110 cm³/mol. The Hall–Kier alpha value is -3.61. The van der Waals surface area contributed by atoms with Gasteiger partial charge in [-0.2, -0.15) is 5.10 Å². The van der Waals surface area contributed by atoms with E-state index >= 15 is 0 Å². The summed E-state index contributed by atoms with van der Waals surface area (Å²) < 4.78 is 11.5. The van der Waals surface area contributed by atoms with Gasteiger partial charge in [0, 0.05) is 18.5 Å². The molecule has 3 aromatic rings. The number of nitrogens with one attached hydrogen (secondary N) is 1. The Labute approximate surface area is 173 Å². The summed E-state index contributed by atoms with van der Waals surface area (Å²) in [6, 6.07) is 16.5. The molecule has 1 N–H and O–H groups in total. The molecule has 1 spiro atoms. The lowest BCUT2D eigenvalue weighted by atomic mass is 9.89. The Morgan fingerprint density at radius 2 is 2.07 bits per heavy atom. The van der Waals surface area contributed by atoms with Gasteiger partial charge in [-0.05, 0) is 30.3 Å². The SMILES string of the molecule is COc1cccc(-c2cc(C(=O)N3CCC4(CC(=O)c5ccccc5O4)C3)[nH]n2)c1. The summed E-state index contributed by atoms with van der Waals surface area (Å²) in [6.07, 6.45) is 0.904. The number of fused-ring (bicyclic) bond motifs is 1. The van der Waals surface area contributed by atoms with Crippen molar-refractivity contribution in [2.75, 3.05) is 20.2 Å². The van der Waals surface area contributed by atoms with Crippen molar-refractivity contribution in [1.82, 2.24) is 15.1 Å². The van der Waals surface area contributed by atoms with Crippen LogP contribution in [0.1, 0.15) is 33.7 Å². The van der Waals surface area contributed by atoms with E-state index in [1.807, 2.05) is 42.5 Å². The number of aromatic nitrogens is 2. The molecule has 0 aliphatic carbocycles. The number of aromatic amines is 1. The second kappa shape index (κ2) is 7.02. The van der Waals surface area contributed by atoms with E-state index in [1.54, 1.807) is 24.1 Å². The highest BCUT2D eigenvalue weighted by molar-refractivity contribution is 6.00. The first-order valence-electron chi connectivity index (χ1n) is 9.87. The molecule has 1 aromatic heterocycles. The first kappa shape index (κ1) is 18.4. The van der Waals surface area contributed by atoms with E-state index in [0.717, 1.165) is 11.3 Å². The van der Waals surface area contributed by atoms with E-state index < -0.39 is 5.60 Å². The number of Topliss-reactive ketones (excluding diaryl/α,β-unsaturated/α-hetero) is 1. The van der Waals surface area contributed by atoms with Crippen molar-refractivity contribution in [1.29, 1.82) is 0 Å². The quantitative estimate of drug-likeness (QED) is 0.725. The molecule has 2 aliphatic heterocycles. The zero-order valence-corrected chi connectivity index (χ0v) is 16.6. The largest absolute Gasteiger partial charge is 0.497 e. The zero-order chi connectivity index (χ0) is 20.7. The summed E-state index contributed by atoms with van der Waals surface area (Å²) in [5.41, 5.74) is 1.90. The summed E-state index contributed by atoms with van der Waals surface area (Å²) in [6.45, 7) is 0.904. The highest BCUT2D eigenvalue weighted by Crippen LogP contribution is 2.39. The molecule has 1 atom stereocenters. The summed E-state index contributed by atoms with van der Waals surface area (Å²) in [5.74, 6) is 1.24. The van der Waals surface area contributed by atoms with Crippen molar-refractivity contribution in [2.45, 2.75) is 18.4 Å². The number of ketones is 1. The van der Waals surface area contributed by atoms with Gasteiger partial charge in [-0.15, -0.1) is 0 Å². The number of hydrogen-bond acceptors (Lipinski definition) is 5. The molecule has 7 heteroatoms. The molecule has 30 heavy (non-hydrogen) atoms. The molecular formula is C23H21N3O4. The van der Waals surface area contributed by atoms with Crippen molar-refractivity contribution in [3.05, 3.63) is 65.9 Å². The van der Waals surface area contributed by atoms with Gasteiger partial charge < -0.3 is 14.4 Å². The standard InChI is InChI=1S/C23H21N3O4/c1-29-16-6-4-5-15(11-16)18-12-19(25-24-18)22(28)26-10-9-23(14-26)13-20(27)17-7-2-3-8-21(17)30-23/h2-8,11-12H,9-10,13-14H2,1H3,(H,24,25). The molecule has 1 amide bonds. The Morgan fingerprint density at radius 1 is 1.20 bits per heavy atom. The van der Waals surface area contributed by atoms with Crippen molar-refractivity contribution >= 4 is 11.7 Å². The number of H-pyrrole nitrogens is 1. The minimum Gasteiger partial charge on any atom is -0.497 e. The molecule has 5 rings (SSSR count). The number of likely N-dealkylation sites (tertiary alicyclic amines) is 1. The van der Waals surface area contributed by atoms with E-state index in [-0.39, 0.29) is 18.1 Å². The predicted octanol–water partition coefficient (Wildman–Crippen LogP) is 3.34. The topological polar surface area (TPSA) is 84.5 Å². The van der Waals surface area contributed by atoms with Gasteiger partial charge in [0.2, 0.25) is 0 Å². The van der Waals surface area contributed by atoms with Gasteiger partial charge in [0.15, 0.2) is 5.78 Å². The summed E-state index contributed by atoms with van der Waals surface area (Å²) in [7, 11) is 1.61. The molecule has 0 radical (unpaired) electrons. The van der Waals surface area contributed by atoms with E-state index in [4.69, 9.17) is 9.47 Å². The van der Waals surface area contributed by atoms with Crippen LogP contribution in [0.2, 0.25) is 0 Å². The molecule has 1 unspecified atom stereocenters. The lowest BCUT2D eigenvalue weighted by Gasteiger charge is -2.34. The lowest BCUT2D eigenvalue weighted by molar-refractivity contribution is 0.0427. The minimum atomic E-state index is -0.656. The van der Waals surface area contributed by atoms with Crippen LogP contribution >= 0.6 is 0 Å². The van der Waals surface area contributed by atoms with Crippen LogP contribution in [0.25, 0.3) is 11.3 Å². The third-order valence-electron chi connectivity index (χ3n) is 5.77. The van der Waals surface area contributed by atoms with Gasteiger partial charge in [0.1, 0.15) is 22.8 Å². The van der Waals surface area contributed by atoms with Crippen LogP contribution < -0.4 is 9.47 Å². The van der Waals surface area contributed by atoms with Gasteiger partial charge >= 0.3 is 0 Å². The summed E-state index contributed by atoms with van der Waals surface area (Å²) in [5, 5.41) is 7.13. The number of amides is 1. The van der Waals surface area contributed by atoms with Gasteiger partial charge in [-0.25, -0.2) is 0 Å². The fourth-order valence-corrected chi connectivity index (χ4v) is 4.22. The number of rotatable bonds is 3. The Balaban J connectivity index is 1.34. The molecule has 2 aromatic carbocycles. The van der Waals surface area contributed by atoms with Crippen molar-refractivity contribution in [3.63, 3.8) is 0 Å². The third-order valence-corrected chi connectivity index (χ3v) is 5.77. The third kappa shape index (κ3) is 3.12. The maximum atomic E-state index is 13.1. The van der Waals surface area contributed by atoms with Gasteiger partial charge in [-0.3, -0.25) is 14.7 Å². The fraction of sp³-hybridized carbons (Fsp3) is 0.261. The maximum Gasteiger partial charge on any atom is 0.272 e. The lowest BCUT2D eigenvalue weighted by Crippen LogP contribution is -2.45. The zero-order valence-electron chi connectivity index (χ0n) is 16.6. The van der Waals surface area contributed by atoms with Gasteiger partial charge in [0.05, 0.1) is 31.3 Å². The first-order valence-corrected chi connectivity index (χ1v) is 9.87. The number of benzene rings is 2. The average Bonchev–Trinajstić information content (AvgIpc) is 3.41. The van der Waals surface area contributed by atoms with Crippen LogP contribution in [0.15, 0.2) is 54.6 Å². The van der Waals surface area contributed by atoms with Crippen molar-refractivity contribution in [2.24, 2.45) is 0 Å². The van der Waals surface area contributed by atoms with Crippen LogP contribution in [0.4, 0.5) is 0 Å². The summed E-state index contributed by atoms with van der Waals surface area (Å²) in [4.78, 5) is 27.4. The average molecular weight is 403 g/mol. The summed E-state index contributed by atoms with van der Waals surface area (Å²) >= 11 is 0. The molecule has 0 bridgehead atoms. The van der Waals surface area contributed by atoms with Crippen LogP contribution in [0.3, 0.4) is 0 Å². The van der Waals surface area contributed by atoms with E-state index in [9.17, 15) is 9.59 Å². The molecule has 7 nitrogen and oxygen atoms in total. The van der Waals surface area contributed by atoms with Crippen LogP contribution in [0, 0.1) is 0 Å². The smallest absolute Gasteiger partial charge is 0.272 e. The number of carbonyl (C=O) groups is 2. The van der Waals surface area contributed by atoms with Gasteiger partial charge in [0.25, 0.3) is 5.91 Å². The Kier molecular flexibility index (Phi) is 4.31. The highest BCUT2D eigenvalue weighted by Gasteiger charge is 2.47. The van der Waals surface area contributed by atoms with Gasteiger partial charge in [-0.1, -0.05) is 24.3 Å². The van der Waals surface area contributed by atoms with E-state index in [2.05, 4.69) is 10.2 Å². The monoisotopic (exact) mass is 403 g/mol.